The average molecular weight is 510 g/mol. The summed E-state index contributed by atoms with van der Waals surface area (Å²) in [6.07, 6.45) is 1.29. The molecule has 1 N–H and O–H groups in total. The number of nitrogens with one attached hydrogen (secondary N) is 1. The average Bonchev–Trinajstić information content (AvgIpc) is 3.46. The third kappa shape index (κ3) is 5.68. The standard InChI is InChI=1S/C27H27NO7S/c1-4-17-6-9-19(10-7-17)26(30)33-14-23(29)28-25-24(27(31)32-5-2)20(16(3)36-25)12-18-8-11-21-22(13-18)35-15-34-21/h6-11,13H,4-5,12,14-15H2,1-3H3,(H,28,29). The zero-order chi connectivity index (χ0) is 25.7. The molecular weight excluding hydrogens is 482 g/mol. The van der Waals surface area contributed by atoms with E-state index in [0.29, 0.717) is 34.0 Å². The van der Waals surface area contributed by atoms with Crippen molar-refractivity contribution in [1.29, 1.82) is 0 Å². The molecule has 9 heteroatoms. The Labute approximate surface area is 213 Å². The number of hydrogen-bond acceptors (Lipinski definition) is 8. The van der Waals surface area contributed by atoms with Crippen LogP contribution in [0.2, 0.25) is 0 Å². The maximum absolute atomic E-state index is 12.9. The molecule has 188 valence electrons. The summed E-state index contributed by atoms with van der Waals surface area (Å²) in [6.45, 7) is 5.51. The lowest BCUT2D eigenvalue weighted by Crippen LogP contribution is -2.22. The Morgan fingerprint density at radius 1 is 0.944 bits per heavy atom. The third-order valence-corrected chi connectivity index (χ3v) is 6.75. The summed E-state index contributed by atoms with van der Waals surface area (Å²) in [6, 6.07) is 12.6. The highest BCUT2D eigenvalue weighted by atomic mass is 32.1. The van der Waals surface area contributed by atoms with Gasteiger partial charge in [0.2, 0.25) is 6.79 Å². The van der Waals surface area contributed by atoms with Gasteiger partial charge in [0.05, 0.1) is 17.7 Å². The van der Waals surface area contributed by atoms with Crippen LogP contribution in [0.3, 0.4) is 0 Å². The minimum absolute atomic E-state index is 0.176. The Hall–Kier alpha value is -3.85. The van der Waals surface area contributed by atoms with E-state index in [4.69, 9.17) is 18.9 Å². The first-order valence-corrected chi connectivity index (χ1v) is 12.4. The van der Waals surface area contributed by atoms with Crippen molar-refractivity contribution in [3.8, 4) is 11.5 Å². The van der Waals surface area contributed by atoms with Crippen molar-refractivity contribution in [1.82, 2.24) is 0 Å². The van der Waals surface area contributed by atoms with Crippen LogP contribution in [0.5, 0.6) is 11.5 Å². The minimum Gasteiger partial charge on any atom is -0.462 e. The van der Waals surface area contributed by atoms with Crippen LogP contribution in [-0.2, 0) is 27.1 Å². The molecule has 3 aromatic rings. The van der Waals surface area contributed by atoms with Gasteiger partial charge in [0.1, 0.15) is 5.00 Å². The molecule has 0 atom stereocenters. The molecule has 0 bridgehead atoms. The quantitative estimate of drug-likeness (QED) is 0.409. The molecule has 1 aromatic heterocycles. The Bertz CT molecular complexity index is 1280. The summed E-state index contributed by atoms with van der Waals surface area (Å²) in [5.41, 5.74) is 3.43. The Kier molecular flexibility index (Phi) is 7.90. The molecule has 1 aliphatic heterocycles. The summed E-state index contributed by atoms with van der Waals surface area (Å²) in [4.78, 5) is 38.7. The van der Waals surface area contributed by atoms with E-state index in [-0.39, 0.29) is 13.4 Å². The van der Waals surface area contributed by atoms with E-state index in [2.05, 4.69) is 5.32 Å². The molecule has 36 heavy (non-hydrogen) atoms. The number of aryl methyl sites for hydroxylation is 2. The molecule has 0 aliphatic carbocycles. The van der Waals surface area contributed by atoms with E-state index in [1.165, 1.54) is 11.3 Å². The van der Waals surface area contributed by atoms with Gasteiger partial charge in [-0.2, -0.15) is 0 Å². The monoisotopic (exact) mass is 509 g/mol. The molecule has 8 nitrogen and oxygen atoms in total. The minimum atomic E-state index is -0.593. The van der Waals surface area contributed by atoms with Gasteiger partial charge in [-0.1, -0.05) is 25.1 Å². The molecule has 2 heterocycles. The van der Waals surface area contributed by atoms with Crippen molar-refractivity contribution in [3.63, 3.8) is 0 Å². The number of hydrogen-bond donors (Lipinski definition) is 1. The summed E-state index contributed by atoms with van der Waals surface area (Å²) in [5.74, 6) is -0.340. The normalized spacial score (nSPS) is 11.8. The fourth-order valence-corrected chi connectivity index (χ4v) is 4.88. The van der Waals surface area contributed by atoms with Crippen molar-refractivity contribution in [2.75, 3.05) is 25.3 Å². The molecule has 0 saturated heterocycles. The van der Waals surface area contributed by atoms with E-state index < -0.39 is 24.5 Å². The van der Waals surface area contributed by atoms with Gasteiger partial charge in [-0.05, 0) is 67.6 Å². The number of ether oxygens (including phenoxy) is 4. The first-order valence-electron chi connectivity index (χ1n) is 11.6. The molecule has 1 aliphatic rings. The predicted octanol–water partition coefficient (Wildman–Crippen LogP) is 4.91. The zero-order valence-corrected chi connectivity index (χ0v) is 21.2. The second-order valence-corrected chi connectivity index (χ2v) is 9.33. The van der Waals surface area contributed by atoms with Gasteiger partial charge in [0.15, 0.2) is 18.1 Å². The molecule has 0 saturated carbocycles. The van der Waals surface area contributed by atoms with E-state index in [1.54, 1.807) is 19.1 Å². The zero-order valence-electron chi connectivity index (χ0n) is 20.3. The lowest BCUT2D eigenvalue weighted by molar-refractivity contribution is -0.119. The number of carbonyl (C=O) groups excluding carboxylic acids is 3. The Morgan fingerprint density at radius 2 is 1.67 bits per heavy atom. The molecule has 1 amide bonds. The molecule has 2 aromatic carbocycles. The largest absolute Gasteiger partial charge is 0.462 e. The van der Waals surface area contributed by atoms with Crippen LogP contribution in [0.25, 0.3) is 0 Å². The van der Waals surface area contributed by atoms with E-state index in [9.17, 15) is 14.4 Å². The smallest absolute Gasteiger partial charge is 0.341 e. The van der Waals surface area contributed by atoms with Gasteiger partial charge in [0, 0.05) is 4.88 Å². The van der Waals surface area contributed by atoms with Crippen molar-refractivity contribution < 1.29 is 33.3 Å². The molecular formula is C27H27NO7S. The number of carbonyl (C=O) groups is 3. The highest BCUT2D eigenvalue weighted by Crippen LogP contribution is 2.37. The van der Waals surface area contributed by atoms with Crippen LogP contribution in [0, 0.1) is 6.92 Å². The Balaban J connectivity index is 1.49. The van der Waals surface area contributed by atoms with Gasteiger partial charge in [-0.25, -0.2) is 9.59 Å². The van der Waals surface area contributed by atoms with Gasteiger partial charge in [-0.15, -0.1) is 11.3 Å². The fraction of sp³-hybridized carbons (Fsp3) is 0.296. The van der Waals surface area contributed by atoms with Crippen molar-refractivity contribution in [2.45, 2.75) is 33.6 Å². The lowest BCUT2D eigenvalue weighted by atomic mass is 10.0. The number of benzene rings is 2. The first kappa shape index (κ1) is 25.2. The maximum Gasteiger partial charge on any atom is 0.341 e. The molecule has 0 radical (unpaired) electrons. The van der Waals surface area contributed by atoms with Gasteiger partial charge >= 0.3 is 11.9 Å². The van der Waals surface area contributed by atoms with Crippen molar-refractivity contribution >= 4 is 34.2 Å². The van der Waals surface area contributed by atoms with Crippen LogP contribution < -0.4 is 14.8 Å². The highest BCUT2D eigenvalue weighted by Gasteiger charge is 2.25. The van der Waals surface area contributed by atoms with E-state index in [0.717, 1.165) is 28.0 Å². The number of fused-ring (bicyclic) bond motifs is 1. The second-order valence-electron chi connectivity index (χ2n) is 8.10. The maximum atomic E-state index is 12.9. The topological polar surface area (TPSA) is 100 Å². The number of rotatable bonds is 9. The van der Waals surface area contributed by atoms with Gasteiger partial charge in [0.25, 0.3) is 5.91 Å². The van der Waals surface area contributed by atoms with E-state index in [1.807, 2.05) is 44.2 Å². The number of thiophene rings is 1. The van der Waals surface area contributed by atoms with Crippen LogP contribution in [0.1, 0.15) is 56.1 Å². The SMILES string of the molecule is CCOC(=O)c1c(NC(=O)COC(=O)c2ccc(CC)cc2)sc(C)c1Cc1ccc2c(c1)OCO2. The lowest BCUT2D eigenvalue weighted by Gasteiger charge is -2.10. The number of anilines is 1. The summed E-state index contributed by atoms with van der Waals surface area (Å²) < 4.78 is 21.3. The molecule has 0 unspecified atom stereocenters. The molecule has 0 fully saturated rings. The molecule has 4 rings (SSSR count). The molecule has 0 spiro atoms. The van der Waals surface area contributed by atoms with Crippen LogP contribution in [0.4, 0.5) is 5.00 Å². The van der Waals surface area contributed by atoms with Crippen LogP contribution in [-0.4, -0.2) is 37.9 Å². The predicted molar refractivity (Wildman–Crippen MR) is 135 cm³/mol. The van der Waals surface area contributed by atoms with Crippen LogP contribution >= 0.6 is 11.3 Å². The number of esters is 2. The summed E-state index contributed by atoms with van der Waals surface area (Å²) in [5, 5.41) is 3.08. The summed E-state index contributed by atoms with van der Waals surface area (Å²) >= 11 is 1.27. The van der Waals surface area contributed by atoms with Crippen molar-refractivity contribution in [3.05, 3.63) is 75.2 Å². The highest BCUT2D eigenvalue weighted by molar-refractivity contribution is 7.16. The summed E-state index contributed by atoms with van der Waals surface area (Å²) in [7, 11) is 0. The second kappa shape index (κ2) is 11.3. The Morgan fingerprint density at radius 3 is 2.39 bits per heavy atom. The van der Waals surface area contributed by atoms with Gasteiger partial charge in [-0.3, -0.25) is 4.79 Å². The third-order valence-electron chi connectivity index (χ3n) is 5.69. The fourth-order valence-electron chi connectivity index (χ4n) is 3.81. The van der Waals surface area contributed by atoms with Crippen LogP contribution in [0.15, 0.2) is 42.5 Å². The number of amides is 1. The van der Waals surface area contributed by atoms with Crippen molar-refractivity contribution in [2.24, 2.45) is 0 Å². The first-order chi connectivity index (χ1) is 17.4. The van der Waals surface area contributed by atoms with Gasteiger partial charge < -0.3 is 24.3 Å². The van der Waals surface area contributed by atoms with E-state index >= 15 is 0 Å².